The molecule has 2 aliphatic rings. The van der Waals surface area contributed by atoms with Gasteiger partial charge in [-0.05, 0) is 43.7 Å². The van der Waals surface area contributed by atoms with E-state index in [2.05, 4.69) is 19.2 Å². The largest absolute Gasteiger partial charge is 0.347 e. The lowest BCUT2D eigenvalue weighted by molar-refractivity contribution is 0.356. The molecule has 3 aromatic rings. The van der Waals surface area contributed by atoms with Crippen molar-refractivity contribution in [2.75, 3.05) is 18.0 Å². The van der Waals surface area contributed by atoms with Gasteiger partial charge in [0.15, 0.2) is 5.65 Å². The molecule has 1 aliphatic heterocycles. The van der Waals surface area contributed by atoms with Crippen LogP contribution in [0.25, 0.3) is 11.2 Å². The molecule has 1 N–H and O–H groups in total. The average molecular weight is 356 g/mol. The van der Waals surface area contributed by atoms with Crippen molar-refractivity contribution >= 4 is 27.8 Å². The van der Waals surface area contributed by atoms with Crippen LogP contribution in [0.1, 0.15) is 37.4 Å². The zero-order valence-corrected chi connectivity index (χ0v) is 14.7. The van der Waals surface area contributed by atoms with Gasteiger partial charge in [0.05, 0.1) is 5.52 Å². The zero-order valence-electron chi connectivity index (χ0n) is 13.9. The summed E-state index contributed by atoms with van der Waals surface area (Å²) in [7, 11) is 0. The summed E-state index contributed by atoms with van der Waals surface area (Å²) in [5.41, 5.74) is 1.51. The van der Waals surface area contributed by atoms with Gasteiger partial charge in [0, 0.05) is 43.3 Å². The molecule has 2 fully saturated rings. The van der Waals surface area contributed by atoms with Gasteiger partial charge in [0.2, 0.25) is 5.13 Å². The molecule has 7 nitrogen and oxygen atoms in total. The zero-order chi connectivity index (χ0) is 16.8. The number of nitrogens with zero attached hydrogens (tertiary/aromatic N) is 5. The minimum Gasteiger partial charge on any atom is -0.347 e. The molecule has 25 heavy (non-hydrogen) atoms. The third kappa shape index (κ3) is 2.84. The maximum Gasteiger partial charge on any atom is 0.327 e. The van der Waals surface area contributed by atoms with Gasteiger partial charge < -0.3 is 9.88 Å². The van der Waals surface area contributed by atoms with E-state index >= 15 is 0 Å². The molecule has 0 radical (unpaired) electrons. The first kappa shape index (κ1) is 15.1. The van der Waals surface area contributed by atoms with Crippen molar-refractivity contribution in [1.29, 1.82) is 0 Å². The molecular weight excluding hydrogens is 336 g/mol. The fourth-order valence-electron chi connectivity index (χ4n) is 3.59. The Morgan fingerprint density at radius 3 is 2.88 bits per heavy atom. The molecule has 5 rings (SSSR count). The topological polar surface area (TPSA) is 79.7 Å². The molecule has 1 saturated heterocycles. The molecule has 0 spiro atoms. The number of pyridine rings is 1. The van der Waals surface area contributed by atoms with E-state index in [1.807, 2.05) is 12.1 Å². The third-order valence-electron chi connectivity index (χ3n) is 5.23. The molecule has 130 valence electrons. The first-order valence-corrected chi connectivity index (χ1v) is 9.67. The minimum atomic E-state index is -0.0608. The predicted octanol–water partition coefficient (Wildman–Crippen LogP) is 2.37. The molecule has 0 unspecified atom stereocenters. The van der Waals surface area contributed by atoms with Crippen LogP contribution in [-0.4, -0.2) is 37.0 Å². The van der Waals surface area contributed by atoms with Crippen LogP contribution in [0.4, 0.5) is 5.13 Å². The normalized spacial score (nSPS) is 19.0. The van der Waals surface area contributed by atoms with Crippen LogP contribution in [0.15, 0.2) is 23.1 Å². The van der Waals surface area contributed by atoms with E-state index in [1.54, 1.807) is 10.8 Å². The van der Waals surface area contributed by atoms with E-state index < -0.39 is 0 Å². The monoisotopic (exact) mass is 356 g/mol. The molecule has 1 aliphatic carbocycles. The third-order valence-corrected chi connectivity index (χ3v) is 6.02. The quantitative estimate of drug-likeness (QED) is 0.776. The van der Waals surface area contributed by atoms with E-state index in [-0.39, 0.29) is 5.69 Å². The van der Waals surface area contributed by atoms with Gasteiger partial charge in [-0.2, -0.15) is 4.37 Å². The van der Waals surface area contributed by atoms with Crippen LogP contribution in [0.3, 0.4) is 0 Å². The van der Waals surface area contributed by atoms with E-state index in [0.717, 1.165) is 54.6 Å². The Hall–Kier alpha value is -2.22. The van der Waals surface area contributed by atoms with E-state index in [9.17, 15) is 4.79 Å². The first-order chi connectivity index (χ1) is 12.3. The number of nitrogens with one attached hydrogen (secondary N) is 1. The number of anilines is 1. The molecular formula is C17H20N6OS. The minimum absolute atomic E-state index is 0.0608. The molecule has 4 heterocycles. The summed E-state index contributed by atoms with van der Waals surface area (Å²) in [6, 6.07) is 3.74. The fourth-order valence-corrected chi connectivity index (χ4v) is 4.38. The number of hydrogen-bond acceptors (Lipinski definition) is 6. The summed E-state index contributed by atoms with van der Waals surface area (Å²) in [6.07, 6.45) is 6.34. The molecule has 8 heteroatoms. The van der Waals surface area contributed by atoms with E-state index in [1.165, 1.54) is 24.4 Å². The summed E-state index contributed by atoms with van der Waals surface area (Å²) in [4.78, 5) is 26.5. The number of H-pyrrole nitrogens is 1. The number of aromatic nitrogens is 5. The molecule has 3 aromatic heterocycles. The van der Waals surface area contributed by atoms with Crippen LogP contribution in [0.2, 0.25) is 0 Å². The number of hydrogen-bond donors (Lipinski definition) is 1. The van der Waals surface area contributed by atoms with Gasteiger partial charge in [-0.3, -0.25) is 4.57 Å². The Labute approximate surface area is 148 Å². The molecule has 0 amide bonds. The van der Waals surface area contributed by atoms with Crippen molar-refractivity contribution in [3.8, 4) is 0 Å². The Balaban J connectivity index is 1.26. The Bertz CT molecular complexity index is 947. The molecule has 0 bridgehead atoms. The van der Waals surface area contributed by atoms with Crippen LogP contribution < -0.4 is 10.6 Å². The van der Waals surface area contributed by atoms with Gasteiger partial charge in [0.1, 0.15) is 5.82 Å². The summed E-state index contributed by atoms with van der Waals surface area (Å²) in [5.74, 6) is 2.15. The van der Waals surface area contributed by atoms with Crippen LogP contribution in [0, 0.1) is 5.92 Å². The van der Waals surface area contributed by atoms with E-state index in [4.69, 9.17) is 4.98 Å². The molecule has 0 atom stereocenters. The maximum atomic E-state index is 12.2. The number of piperidine rings is 1. The lowest BCUT2D eigenvalue weighted by Gasteiger charge is -2.31. The van der Waals surface area contributed by atoms with Gasteiger partial charge in [-0.1, -0.05) is 0 Å². The van der Waals surface area contributed by atoms with Crippen LogP contribution in [0.5, 0.6) is 0 Å². The van der Waals surface area contributed by atoms with Crippen molar-refractivity contribution < 1.29 is 0 Å². The van der Waals surface area contributed by atoms with Crippen molar-refractivity contribution in [2.45, 2.75) is 38.1 Å². The second-order valence-corrected chi connectivity index (χ2v) is 7.79. The Morgan fingerprint density at radius 1 is 1.24 bits per heavy atom. The predicted molar refractivity (Wildman–Crippen MR) is 97.2 cm³/mol. The highest BCUT2D eigenvalue weighted by Crippen LogP contribution is 2.40. The first-order valence-electron chi connectivity index (χ1n) is 8.90. The average Bonchev–Trinajstić information content (AvgIpc) is 3.29. The highest BCUT2D eigenvalue weighted by molar-refractivity contribution is 7.09. The van der Waals surface area contributed by atoms with E-state index in [0.29, 0.717) is 11.8 Å². The molecule has 0 aromatic carbocycles. The highest BCUT2D eigenvalue weighted by atomic mass is 32.1. The number of imidazole rings is 1. The second kappa shape index (κ2) is 5.94. The van der Waals surface area contributed by atoms with Crippen molar-refractivity contribution in [2.24, 2.45) is 5.92 Å². The maximum absolute atomic E-state index is 12.2. The lowest BCUT2D eigenvalue weighted by atomic mass is 9.97. The standard InChI is InChI=1S/C17H20N6OS/c24-16-19-13-2-1-7-18-15(13)23(16)10-11-5-8-22(9-6-11)17-20-14(21-25-17)12-3-4-12/h1-2,7,11-12H,3-6,8-10H2,(H,19,24). The van der Waals surface area contributed by atoms with Gasteiger partial charge >= 0.3 is 5.69 Å². The number of rotatable bonds is 4. The summed E-state index contributed by atoms with van der Waals surface area (Å²) in [6.45, 7) is 2.69. The van der Waals surface area contributed by atoms with Gasteiger partial charge in [-0.25, -0.2) is 14.8 Å². The van der Waals surface area contributed by atoms with Gasteiger partial charge in [-0.15, -0.1) is 0 Å². The van der Waals surface area contributed by atoms with Gasteiger partial charge in [0.25, 0.3) is 0 Å². The number of fused-ring (bicyclic) bond motifs is 1. The smallest absolute Gasteiger partial charge is 0.327 e. The van der Waals surface area contributed by atoms with Crippen LogP contribution in [-0.2, 0) is 6.54 Å². The van der Waals surface area contributed by atoms with Crippen molar-refractivity contribution in [3.05, 3.63) is 34.6 Å². The Morgan fingerprint density at radius 2 is 2.08 bits per heavy atom. The molecule has 1 saturated carbocycles. The van der Waals surface area contributed by atoms with Crippen molar-refractivity contribution in [3.63, 3.8) is 0 Å². The summed E-state index contributed by atoms with van der Waals surface area (Å²) < 4.78 is 6.29. The van der Waals surface area contributed by atoms with Crippen molar-refractivity contribution in [1.82, 2.24) is 23.9 Å². The lowest BCUT2D eigenvalue weighted by Crippen LogP contribution is -2.36. The summed E-state index contributed by atoms with van der Waals surface area (Å²) in [5, 5.41) is 1.06. The second-order valence-electron chi connectivity index (χ2n) is 7.06. The highest BCUT2D eigenvalue weighted by Gasteiger charge is 2.29. The SMILES string of the molecule is O=c1[nH]c2cccnc2n1CC1CCN(c2nc(C3CC3)ns2)CC1. The summed E-state index contributed by atoms with van der Waals surface area (Å²) >= 11 is 1.53. The van der Waals surface area contributed by atoms with Crippen LogP contribution >= 0.6 is 11.5 Å². The fraction of sp³-hybridized carbons (Fsp3) is 0.529. The Kier molecular flexibility index (Phi) is 3.58. The number of aromatic amines is 1.